The van der Waals surface area contributed by atoms with Gasteiger partial charge in [-0.1, -0.05) is 11.6 Å². The fourth-order valence-corrected chi connectivity index (χ4v) is 3.47. The van der Waals surface area contributed by atoms with Gasteiger partial charge in [0.1, 0.15) is 18.4 Å². The molecule has 1 heterocycles. The zero-order valence-electron chi connectivity index (χ0n) is 12.9. The minimum absolute atomic E-state index is 0.0341. The molecule has 6 nitrogen and oxygen atoms in total. The summed E-state index contributed by atoms with van der Waals surface area (Å²) in [5, 5.41) is 13.7. The first-order valence-electron chi connectivity index (χ1n) is 6.89. The van der Waals surface area contributed by atoms with E-state index in [2.05, 4.69) is 5.10 Å². The lowest BCUT2D eigenvalue weighted by molar-refractivity contribution is -0.143. The minimum atomic E-state index is -4.60. The largest absolute Gasteiger partial charge is 0.474 e. The van der Waals surface area contributed by atoms with Crippen LogP contribution in [0, 0.1) is 0 Å². The molecule has 0 radical (unpaired) electrons. The Morgan fingerprint density at radius 1 is 1.32 bits per heavy atom. The van der Waals surface area contributed by atoms with Gasteiger partial charge in [0, 0.05) is 18.1 Å². The number of benzene rings is 1. The van der Waals surface area contributed by atoms with Gasteiger partial charge in [0.15, 0.2) is 9.84 Å². The van der Waals surface area contributed by atoms with E-state index in [1.54, 1.807) is 0 Å². The number of rotatable bonds is 6. The molecule has 2 aromatic rings. The highest BCUT2D eigenvalue weighted by atomic mass is 35.5. The van der Waals surface area contributed by atoms with Crippen molar-refractivity contribution in [2.75, 3.05) is 12.4 Å². The van der Waals surface area contributed by atoms with E-state index < -0.39 is 40.2 Å². The maximum atomic E-state index is 12.6. The van der Waals surface area contributed by atoms with Gasteiger partial charge in [-0.15, -0.1) is 5.10 Å². The molecule has 11 heteroatoms. The van der Waals surface area contributed by atoms with Gasteiger partial charge < -0.3 is 9.84 Å². The zero-order valence-corrected chi connectivity index (χ0v) is 14.4. The summed E-state index contributed by atoms with van der Waals surface area (Å²) in [6, 6.07) is 6.04. The maximum Gasteiger partial charge on any atom is 0.433 e. The van der Waals surface area contributed by atoms with Crippen LogP contribution in [0.1, 0.15) is 5.69 Å². The predicted molar refractivity (Wildman–Crippen MR) is 83.2 cm³/mol. The number of halogens is 4. The number of sulfone groups is 1. The van der Waals surface area contributed by atoms with Crippen molar-refractivity contribution >= 4 is 21.4 Å². The predicted octanol–water partition coefficient (Wildman–Crippen LogP) is 2.31. The summed E-state index contributed by atoms with van der Waals surface area (Å²) in [6.07, 6.45) is -6.04. The Bertz CT molecular complexity index is 835. The maximum absolute atomic E-state index is 12.6. The van der Waals surface area contributed by atoms with Crippen molar-refractivity contribution in [3.63, 3.8) is 0 Å². The molecule has 0 unspecified atom stereocenters. The molecule has 0 aliphatic heterocycles. The van der Waals surface area contributed by atoms with Crippen LogP contribution < -0.4 is 4.74 Å². The Balaban J connectivity index is 1.99. The summed E-state index contributed by atoms with van der Waals surface area (Å²) < 4.78 is 67.7. The van der Waals surface area contributed by atoms with E-state index in [0.717, 1.165) is 7.05 Å². The lowest BCUT2D eigenvalue weighted by Gasteiger charge is -2.11. The first-order chi connectivity index (χ1) is 11.5. The molecular formula is C14H14ClF3N2O4S. The number of alkyl halides is 3. The Hall–Kier alpha value is -1.78. The van der Waals surface area contributed by atoms with Crippen LogP contribution >= 0.6 is 11.6 Å². The van der Waals surface area contributed by atoms with Gasteiger partial charge in [-0.3, -0.25) is 4.68 Å². The Morgan fingerprint density at radius 3 is 2.44 bits per heavy atom. The van der Waals surface area contributed by atoms with Gasteiger partial charge >= 0.3 is 6.18 Å². The van der Waals surface area contributed by atoms with Crippen LogP contribution in [0.2, 0.25) is 5.02 Å². The summed E-state index contributed by atoms with van der Waals surface area (Å²) in [6.45, 7) is -0.527. The number of hydrogen-bond acceptors (Lipinski definition) is 5. The number of aromatic nitrogens is 2. The molecule has 1 aromatic carbocycles. The number of nitrogens with zero attached hydrogens (tertiary/aromatic N) is 2. The minimum Gasteiger partial charge on any atom is -0.474 e. The molecule has 1 N–H and O–H groups in total. The van der Waals surface area contributed by atoms with Crippen molar-refractivity contribution in [1.29, 1.82) is 0 Å². The third kappa shape index (κ3) is 5.10. The number of hydrogen-bond donors (Lipinski definition) is 1. The summed E-state index contributed by atoms with van der Waals surface area (Å²) in [5.41, 5.74) is -1.02. The lowest BCUT2D eigenvalue weighted by atomic mass is 10.4. The van der Waals surface area contributed by atoms with E-state index in [1.807, 2.05) is 0 Å². The third-order valence-corrected chi connectivity index (χ3v) is 5.22. The number of ether oxygens (including phenoxy) is 1. The first-order valence-corrected chi connectivity index (χ1v) is 8.92. The van der Waals surface area contributed by atoms with Crippen LogP contribution in [-0.2, 0) is 23.1 Å². The van der Waals surface area contributed by atoms with Crippen LogP contribution in [0.3, 0.4) is 0 Å². The van der Waals surface area contributed by atoms with E-state index in [0.29, 0.717) is 15.8 Å². The SMILES string of the molecule is Cn1nc(OC[C@H](O)CS(=O)(=O)c2ccc(Cl)cc2)cc1C(F)(F)F. The van der Waals surface area contributed by atoms with Crippen molar-refractivity contribution in [1.82, 2.24) is 9.78 Å². The Morgan fingerprint density at radius 2 is 1.92 bits per heavy atom. The summed E-state index contributed by atoms with van der Waals surface area (Å²) in [5.74, 6) is -1.02. The van der Waals surface area contributed by atoms with Crippen molar-refractivity contribution in [3.8, 4) is 5.88 Å². The highest BCUT2D eigenvalue weighted by Gasteiger charge is 2.35. The average molecular weight is 399 g/mol. The topological polar surface area (TPSA) is 81.4 Å². The Kier molecular flexibility index (Phi) is 5.65. The molecule has 0 amide bonds. The summed E-state index contributed by atoms with van der Waals surface area (Å²) >= 11 is 5.68. The van der Waals surface area contributed by atoms with E-state index in [-0.39, 0.29) is 10.8 Å². The quantitative estimate of drug-likeness (QED) is 0.807. The van der Waals surface area contributed by atoms with Crippen LogP contribution in [0.5, 0.6) is 5.88 Å². The van der Waals surface area contributed by atoms with E-state index >= 15 is 0 Å². The molecular weight excluding hydrogens is 385 g/mol. The van der Waals surface area contributed by atoms with Crippen LogP contribution in [-0.4, -0.2) is 41.8 Å². The normalized spacial score (nSPS) is 13.7. The monoisotopic (exact) mass is 398 g/mol. The second-order valence-corrected chi connectivity index (χ2v) is 7.66. The van der Waals surface area contributed by atoms with Gasteiger partial charge in [-0.2, -0.15) is 13.2 Å². The second-order valence-electron chi connectivity index (χ2n) is 5.19. The molecule has 0 bridgehead atoms. The molecule has 2 rings (SSSR count). The fourth-order valence-electron chi connectivity index (χ4n) is 2.00. The van der Waals surface area contributed by atoms with Gasteiger partial charge in [0.2, 0.25) is 5.88 Å². The molecule has 0 aliphatic carbocycles. The van der Waals surface area contributed by atoms with Gasteiger partial charge in [0.05, 0.1) is 10.6 Å². The third-order valence-electron chi connectivity index (χ3n) is 3.16. The Labute approximate surface area is 146 Å². The summed E-state index contributed by atoms with van der Waals surface area (Å²) in [4.78, 5) is -0.0341. The van der Waals surface area contributed by atoms with Crippen LogP contribution in [0.25, 0.3) is 0 Å². The molecule has 0 fully saturated rings. The molecule has 0 saturated heterocycles. The molecule has 1 atom stereocenters. The lowest BCUT2D eigenvalue weighted by Crippen LogP contribution is -2.27. The second kappa shape index (κ2) is 7.22. The molecule has 25 heavy (non-hydrogen) atoms. The number of aryl methyl sites for hydroxylation is 1. The van der Waals surface area contributed by atoms with Crippen LogP contribution in [0.15, 0.2) is 35.2 Å². The van der Waals surface area contributed by atoms with E-state index in [4.69, 9.17) is 16.3 Å². The molecule has 138 valence electrons. The molecule has 0 spiro atoms. The van der Waals surface area contributed by atoms with Crippen molar-refractivity contribution in [3.05, 3.63) is 41.0 Å². The number of aliphatic hydroxyl groups excluding tert-OH is 1. The van der Waals surface area contributed by atoms with Crippen molar-refractivity contribution in [2.45, 2.75) is 17.2 Å². The van der Waals surface area contributed by atoms with Gasteiger partial charge in [0.25, 0.3) is 0 Å². The van der Waals surface area contributed by atoms with Crippen molar-refractivity contribution in [2.24, 2.45) is 7.05 Å². The van der Waals surface area contributed by atoms with Crippen molar-refractivity contribution < 1.29 is 31.4 Å². The highest BCUT2D eigenvalue weighted by Crippen LogP contribution is 2.31. The molecule has 0 aliphatic rings. The van der Waals surface area contributed by atoms with E-state index in [9.17, 15) is 26.7 Å². The highest BCUT2D eigenvalue weighted by molar-refractivity contribution is 7.91. The van der Waals surface area contributed by atoms with E-state index in [1.165, 1.54) is 24.3 Å². The fraction of sp³-hybridized carbons (Fsp3) is 0.357. The first kappa shape index (κ1) is 19.5. The van der Waals surface area contributed by atoms with Gasteiger partial charge in [-0.05, 0) is 24.3 Å². The standard InChI is InChI=1S/C14H14ClF3N2O4S/c1-20-12(14(16,17)18)6-13(19-20)24-7-10(21)8-25(22,23)11-4-2-9(15)3-5-11/h2-6,10,21H,7-8H2,1H3/t10-/m0/s1. The number of aliphatic hydroxyl groups is 1. The molecule has 0 saturated carbocycles. The zero-order chi connectivity index (χ0) is 18.8. The van der Waals surface area contributed by atoms with Gasteiger partial charge in [-0.25, -0.2) is 8.42 Å². The summed E-state index contributed by atoms with van der Waals surface area (Å²) in [7, 11) is -2.71. The van der Waals surface area contributed by atoms with Crippen LogP contribution in [0.4, 0.5) is 13.2 Å². The molecule has 1 aromatic heterocycles. The average Bonchev–Trinajstić information content (AvgIpc) is 2.86. The smallest absolute Gasteiger partial charge is 0.433 e.